The van der Waals surface area contributed by atoms with Gasteiger partial charge in [0.25, 0.3) is 0 Å². The van der Waals surface area contributed by atoms with Gasteiger partial charge in [0.2, 0.25) is 5.91 Å². The van der Waals surface area contributed by atoms with Gasteiger partial charge in [-0.15, -0.1) is 0 Å². The molecule has 0 aromatic carbocycles. The average Bonchev–Trinajstić information content (AvgIpc) is 2.96. The quantitative estimate of drug-likeness (QED) is 0.904. The molecule has 0 radical (unpaired) electrons. The smallest absolute Gasteiger partial charge is 0.248 e. The van der Waals surface area contributed by atoms with Crippen molar-refractivity contribution in [3.8, 4) is 0 Å². The van der Waals surface area contributed by atoms with Crippen LogP contribution in [-0.2, 0) is 21.7 Å². The molecule has 1 aromatic rings. The number of carbonyl (C=O) groups is 1. The van der Waals surface area contributed by atoms with Gasteiger partial charge < -0.3 is 19.9 Å². The molecule has 1 aromatic heterocycles. The highest BCUT2D eigenvalue weighted by Gasteiger charge is 2.46. The van der Waals surface area contributed by atoms with E-state index >= 15 is 0 Å². The molecule has 3 heterocycles. The molecule has 0 unspecified atom stereocenters. The average molecular weight is 306 g/mol. The van der Waals surface area contributed by atoms with Gasteiger partial charge in [-0.3, -0.25) is 4.79 Å². The van der Waals surface area contributed by atoms with E-state index in [1.54, 1.807) is 6.20 Å². The van der Waals surface area contributed by atoms with Gasteiger partial charge >= 0.3 is 0 Å². The second kappa shape index (κ2) is 6.01. The minimum atomic E-state index is -0.552. The molecule has 1 spiro atoms. The summed E-state index contributed by atoms with van der Waals surface area (Å²) in [5.41, 5.74) is 5.03. The number of amides is 1. The van der Waals surface area contributed by atoms with E-state index in [1.165, 1.54) is 6.42 Å². The van der Waals surface area contributed by atoms with Gasteiger partial charge in [-0.05, 0) is 31.7 Å². The molecule has 1 fully saturated rings. The van der Waals surface area contributed by atoms with Crippen LogP contribution in [0.1, 0.15) is 38.9 Å². The number of rotatable bonds is 4. The van der Waals surface area contributed by atoms with Crippen molar-refractivity contribution in [3.05, 3.63) is 18.2 Å². The summed E-state index contributed by atoms with van der Waals surface area (Å²) >= 11 is 0. The molecule has 0 aliphatic carbocycles. The normalized spacial score (nSPS) is 24.6. The first-order chi connectivity index (χ1) is 10.5. The van der Waals surface area contributed by atoms with Crippen molar-refractivity contribution in [2.24, 2.45) is 11.7 Å². The van der Waals surface area contributed by atoms with Crippen LogP contribution in [0.3, 0.4) is 0 Å². The summed E-state index contributed by atoms with van der Waals surface area (Å²) in [5.74, 6) is 1.29. The largest absolute Gasteiger partial charge is 0.367 e. The second-order valence-corrected chi connectivity index (χ2v) is 6.93. The number of fused-ring (bicyclic) bond motifs is 2. The number of carbonyl (C=O) groups excluding carboxylic acids is 1. The Kier molecular flexibility index (Phi) is 4.23. The van der Waals surface area contributed by atoms with Crippen LogP contribution in [0, 0.1) is 5.92 Å². The number of aromatic nitrogens is 2. The lowest BCUT2D eigenvalue weighted by atomic mass is 9.88. The van der Waals surface area contributed by atoms with E-state index in [4.69, 9.17) is 10.5 Å². The first-order valence-corrected chi connectivity index (χ1v) is 8.21. The van der Waals surface area contributed by atoms with Crippen molar-refractivity contribution < 1.29 is 9.53 Å². The van der Waals surface area contributed by atoms with Crippen LogP contribution < -0.4 is 5.73 Å². The van der Waals surface area contributed by atoms with Crippen molar-refractivity contribution >= 4 is 5.91 Å². The lowest BCUT2D eigenvalue weighted by Crippen LogP contribution is -2.53. The number of primary amides is 1. The SMILES string of the molecule is CC(C)CCN1CCC2(CC1)O[C@H](C(N)=O)Cn1ccnc12. The van der Waals surface area contributed by atoms with E-state index in [-0.39, 0.29) is 5.91 Å². The standard InChI is InChI=1S/C16H26N4O2/c1-12(2)3-7-19-8-4-16(5-9-19)15-18-6-10-20(15)11-13(22-16)14(17)21/h6,10,12-13H,3-5,7-9,11H2,1-2H3,(H2,17,21)/t13-/m0/s1. The molecule has 2 N–H and O–H groups in total. The number of nitrogens with zero attached hydrogens (tertiary/aromatic N) is 3. The summed E-state index contributed by atoms with van der Waals surface area (Å²) in [7, 11) is 0. The lowest BCUT2D eigenvalue weighted by molar-refractivity contribution is -0.171. The van der Waals surface area contributed by atoms with Gasteiger partial charge in [-0.25, -0.2) is 4.98 Å². The highest BCUT2D eigenvalue weighted by molar-refractivity contribution is 5.79. The van der Waals surface area contributed by atoms with E-state index in [0.29, 0.717) is 6.54 Å². The van der Waals surface area contributed by atoms with E-state index in [1.807, 2.05) is 10.8 Å². The van der Waals surface area contributed by atoms with Crippen LogP contribution in [0.5, 0.6) is 0 Å². The van der Waals surface area contributed by atoms with Gasteiger partial charge in [0.15, 0.2) is 6.10 Å². The van der Waals surface area contributed by atoms with Crippen molar-refractivity contribution in [2.75, 3.05) is 19.6 Å². The van der Waals surface area contributed by atoms with Gasteiger partial charge in [-0.2, -0.15) is 0 Å². The van der Waals surface area contributed by atoms with Crippen LogP contribution in [0.15, 0.2) is 12.4 Å². The van der Waals surface area contributed by atoms with Crippen molar-refractivity contribution in [2.45, 2.75) is 51.4 Å². The summed E-state index contributed by atoms with van der Waals surface area (Å²) in [4.78, 5) is 18.6. The first kappa shape index (κ1) is 15.5. The number of nitrogens with two attached hydrogens (primary N) is 1. The fourth-order valence-electron chi connectivity index (χ4n) is 3.46. The summed E-state index contributed by atoms with van der Waals surface area (Å²) in [5, 5.41) is 0. The Hall–Kier alpha value is -1.40. The van der Waals surface area contributed by atoms with Crippen molar-refractivity contribution in [1.29, 1.82) is 0 Å². The molecule has 3 rings (SSSR count). The Morgan fingerprint density at radius 2 is 2.23 bits per heavy atom. The Bertz CT molecular complexity index is 532. The molecular formula is C16H26N4O2. The summed E-state index contributed by atoms with van der Waals surface area (Å²) < 4.78 is 8.18. The van der Waals surface area contributed by atoms with Crippen LogP contribution in [-0.4, -0.2) is 46.1 Å². The number of piperidine rings is 1. The van der Waals surface area contributed by atoms with Gasteiger partial charge in [-0.1, -0.05) is 13.8 Å². The predicted octanol–water partition coefficient (Wildman–Crippen LogP) is 1.10. The highest BCUT2D eigenvalue weighted by atomic mass is 16.5. The molecule has 2 aliphatic heterocycles. The zero-order valence-electron chi connectivity index (χ0n) is 13.5. The van der Waals surface area contributed by atoms with E-state index < -0.39 is 11.7 Å². The monoisotopic (exact) mass is 306 g/mol. The van der Waals surface area contributed by atoms with Crippen LogP contribution in [0.25, 0.3) is 0 Å². The fourth-order valence-corrected chi connectivity index (χ4v) is 3.46. The third kappa shape index (κ3) is 2.90. The predicted molar refractivity (Wildman–Crippen MR) is 83.1 cm³/mol. The van der Waals surface area contributed by atoms with E-state index in [9.17, 15) is 4.79 Å². The minimum absolute atomic E-state index is 0.388. The third-order valence-corrected chi connectivity index (χ3v) is 4.86. The molecule has 122 valence electrons. The molecule has 2 aliphatic rings. The number of likely N-dealkylation sites (tertiary alicyclic amines) is 1. The maximum absolute atomic E-state index is 11.6. The van der Waals surface area contributed by atoms with Gasteiger partial charge in [0, 0.05) is 25.5 Å². The topological polar surface area (TPSA) is 73.4 Å². The number of hydrogen-bond donors (Lipinski definition) is 1. The zero-order chi connectivity index (χ0) is 15.7. The number of imidazole rings is 1. The fraction of sp³-hybridized carbons (Fsp3) is 0.750. The number of ether oxygens (including phenoxy) is 1. The van der Waals surface area contributed by atoms with Crippen molar-refractivity contribution in [3.63, 3.8) is 0 Å². The third-order valence-electron chi connectivity index (χ3n) is 4.86. The van der Waals surface area contributed by atoms with Crippen LogP contribution in [0.2, 0.25) is 0 Å². The Balaban J connectivity index is 1.73. The van der Waals surface area contributed by atoms with E-state index in [0.717, 1.165) is 44.2 Å². The highest BCUT2D eigenvalue weighted by Crippen LogP contribution is 2.40. The molecule has 1 amide bonds. The molecule has 0 saturated carbocycles. The summed E-state index contributed by atoms with van der Waals surface area (Å²) in [6.45, 7) is 8.06. The van der Waals surface area contributed by atoms with Gasteiger partial charge in [0.05, 0.1) is 6.54 Å². The minimum Gasteiger partial charge on any atom is -0.367 e. The molecule has 6 heteroatoms. The van der Waals surface area contributed by atoms with Crippen molar-refractivity contribution in [1.82, 2.24) is 14.5 Å². The lowest BCUT2D eigenvalue weighted by Gasteiger charge is -2.45. The Morgan fingerprint density at radius 1 is 1.50 bits per heavy atom. The van der Waals surface area contributed by atoms with E-state index in [2.05, 4.69) is 23.7 Å². The zero-order valence-corrected chi connectivity index (χ0v) is 13.5. The maximum Gasteiger partial charge on any atom is 0.248 e. The molecule has 6 nitrogen and oxygen atoms in total. The molecule has 1 saturated heterocycles. The summed E-state index contributed by atoms with van der Waals surface area (Å²) in [6, 6.07) is 0. The number of hydrogen-bond acceptors (Lipinski definition) is 4. The summed E-state index contributed by atoms with van der Waals surface area (Å²) in [6.07, 6.45) is 6.10. The Morgan fingerprint density at radius 3 is 2.86 bits per heavy atom. The Labute approximate surface area is 131 Å². The molecule has 1 atom stereocenters. The maximum atomic E-state index is 11.6. The first-order valence-electron chi connectivity index (χ1n) is 8.21. The molecule has 22 heavy (non-hydrogen) atoms. The molecular weight excluding hydrogens is 280 g/mol. The van der Waals surface area contributed by atoms with Crippen LogP contribution in [0.4, 0.5) is 0 Å². The molecule has 0 bridgehead atoms. The van der Waals surface area contributed by atoms with Crippen LogP contribution >= 0.6 is 0 Å². The van der Waals surface area contributed by atoms with Gasteiger partial charge in [0.1, 0.15) is 11.4 Å². The second-order valence-electron chi connectivity index (χ2n) is 6.93.